The Morgan fingerprint density at radius 1 is 1.10 bits per heavy atom. The zero-order valence-electron chi connectivity index (χ0n) is 16.3. The average Bonchev–Trinajstić information content (AvgIpc) is 3.39. The Morgan fingerprint density at radius 3 is 2.52 bits per heavy atom. The van der Waals surface area contributed by atoms with Crippen molar-refractivity contribution in [1.29, 1.82) is 0 Å². The number of hydrogen-bond acceptors (Lipinski definition) is 4. The van der Waals surface area contributed by atoms with Gasteiger partial charge in [0.2, 0.25) is 5.91 Å². The smallest absolute Gasteiger partial charge is 0.253 e. The van der Waals surface area contributed by atoms with Gasteiger partial charge in [-0.3, -0.25) is 9.59 Å². The molecule has 0 saturated carbocycles. The summed E-state index contributed by atoms with van der Waals surface area (Å²) < 4.78 is 5.44. The van der Waals surface area contributed by atoms with Gasteiger partial charge in [0.1, 0.15) is 11.8 Å². The van der Waals surface area contributed by atoms with Crippen LogP contribution in [0, 0.1) is 5.92 Å². The first kappa shape index (κ1) is 21.1. The Hall–Kier alpha value is -2.57. The van der Waals surface area contributed by atoms with Crippen LogP contribution in [-0.2, 0) is 17.9 Å². The van der Waals surface area contributed by atoms with E-state index in [0.717, 1.165) is 4.88 Å². The minimum atomic E-state index is -0.686. The highest BCUT2D eigenvalue weighted by atomic mass is 35.5. The lowest BCUT2D eigenvalue weighted by atomic mass is 10.0. The highest BCUT2D eigenvalue weighted by Gasteiger charge is 2.30. The van der Waals surface area contributed by atoms with Gasteiger partial charge < -0.3 is 14.6 Å². The largest absolute Gasteiger partial charge is 0.467 e. The first-order valence-corrected chi connectivity index (χ1v) is 10.6. The van der Waals surface area contributed by atoms with E-state index in [9.17, 15) is 9.59 Å². The highest BCUT2D eigenvalue weighted by Crippen LogP contribution is 2.19. The van der Waals surface area contributed by atoms with Gasteiger partial charge in [-0.05, 0) is 41.6 Å². The van der Waals surface area contributed by atoms with E-state index in [1.54, 1.807) is 52.8 Å². The van der Waals surface area contributed by atoms with Crippen LogP contribution in [0.25, 0.3) is 0 Å². The molecule has 0 saturated heterocycles. The molecule has 0 radical (unpaired) electrons. The van der Waals surface area contributed by atoms with Crippen LogP contribution in [0.3, 0.4) is 0 Å². The molecule has 3 aromatic rings. The SMILES string of the molecule is CC(C)[C@H](NC(=O)c1ccccc1Cl)C(=O)N(Cc1ccco1)Cc1cccs1. The van der Waals surface area contributed by atoms with Gasteiger partial charge >= 0.3 is 0 Å². The van der Waals surface area contributed by atoms with E-state index in [2.05, 4.69) is 5.32 Å². The summed E-state index contributed by atoms with van der Waals surface area (Å²) in [5.74, 6) is 0.0631. The van der Waals surface area contributed by atoms with E-state index in [1.807, 2.05) is 37.4 Å². The lowest BCUT2D eigenvalue weighted by Crippen LogP contribution is -2.50. The molecule has 5 nitrogen and oxygen atoms in total. The van der Waals surface area contributed by atoms with Gasteiger partial charge in [-0.15, -0.1) is 11.3 Å². The van der Waals surface area contributed by atoms with Crippen LogP contribution in [0.5, 0.6) is 0 Å². The third-order valence-electron chi connectivity index (χ3n) is 4.50. The second-order valence-electron chi connectivity index (χ2n) is 7.03. The van der Waals surface area contributed by atoms with Gasteiger partial charge in [0, 0.05) is 4.88 Å². The molecule has 29 heavy (non-hydrogen) atoms. The molecule has 1 aromatic carbocycles. The van der Waals surface area contributed by atoms with Crippen LogP contribution in [0.1, 0.15) is 34.8 Å². The van der Waals surface area contributed by atoms with Crippen molar-refractivity contribution in [2.24, 2.45) is 5.92 Å². The molecule has 1 atom stereocenters. The van der Waals surface area contributed by atoms with Crippen molar-refractivity contribution in [3.05, 3.63) is 81.4 Å². The standard InChI is InChI=1S/C22H23ClN2O3S/c1-15(2)20(24-21(26)18-9-3-4-10-19(18)23)22(27)25(13-16-7-5-11-28-16)14-17-8-6-12-29-17/h3-12,15,20H,13-14H2,1-2H3,(H,24,26)/t20-/m0/s1. The van der Waals surface area contributed by atoms with Crippen molar-refractivity contribution >= 4 is 34.8 Å². The maximum absolute atomic E-state index is 13.4. The fourth-order valence-corrected chi connectivity index (χ4v) is 3.91. The molecule has 0 aliphatic heterocycles. The molecular weight excluding hydrogens is 408 g/mol. The number of thiophene rings is 1. The minimum Gasteiger partial charge on any atom is -0.467 e. The summed E-state index contributed by atoms with van der Waals surface area (Å²) in [7, 11) is 0. The van der Waals surface area contributed by atoms with Crippen LogP contribution in [0.2, 0.25) is 5.02 Å². The Balaban J connectivity index is 1.81. The topological polar surface area (TPSA) is 62.6 Å². The van der Waals surface area contributed by atoms with Gasteiger partial charge in [-0.2, -0.15) is 0 Å². The summed E-state index contributed by atoms with van der Waals surface area (Å²) in [6.07, 6.45) is 1.59. The summed E-state index contributed by atoms with van der Waals surface area (Å²) >= 11 is 7.73. The number of nitrogens with one attached hydrogen (secondary N) is 1. The maximum atomic E-state index is 13.4. The van der Waals surface area contributed by atoms with E-state index in [-0.39, 0.29) is 17.7 Å². The summed E-state index contributed by atoms with van der Waals surface area (Å²) in [5, 5.41) is 5.20. The molecule has 0 unspecified atom stereocenters. The van der Waals surface area contributed by atoms with Gasteiger partial charge in [-0.1, -0.05) is 43.6 Å². The summed E-state index contributed by atoms with van der Waals surface area (Å²) in [5.41, 5.74) is 0.350. The minimum absolute atomic E-state index is 0.101. The van der Waals surface area contributed by atoms with Crippen molar-refractivity contribution in [3.63, 3.8) is 0 Å². The Labute approximate surface area is 179 Å². The highest BCUT2D eigenvalue weighted by molar-refractivity contribution is 7.09. The van der Waals surface area contributed by atoms with Crippen LogP contribution in [0.4, 0.5) is 0 Å². The maximum Gasteiger partial charge on any atom is 0.253 e. The molecule has 7 heteroatoms. The molecule has 0 bridgehead atoms. The fraction of sp³-hybridized carbons (Fsp3) is 0.273. The molecule has 0 spiro atoms. The molecule has 3 rings (SSSR count). The van der Waals surface area contributed by atoms with Crippen LogP contribution in [-0.4, -0.2) is 22.8 Å². The van der Waals surface area contributed by atoms with E-state index in [1.165, 1.54) is 0 Å². The zero-order chi connectivity index (χ0) is 20.8. The molecule has 1 N–H and O–H groups in total. The van der Waals surface area contributed by atoms with Gasteiger partial charge in [0.05, 0.1) is 29.9 Å². The number of hydrogen-bond donors (Lipinski definition) is 1. The van der Waals surface area contributed by atoms with Crippen molar-refractivity contribution in [2.75, 3.05) is 0 Å². The number of amides is 2. The molecule has 2 amide bonds. The van der Waals surface area contributed by atoms with Crippen molar-refractivity contribution in [3.8, 4) is 0 Å². The predicted molar refractivity (Wildman–Crippen MR) is 115 cm³/mol. The first-order valence-electron chi connectivity index (χ1n) is 9.34. The van der Waals surface area contributed by atoms with Gasteiger partial charge in [0.15, 0.2) is 0 Å². The molecule has 2 heterocycles. The normalized spacial score (nSPS) is 12.0. The van der Waals surface area contributed by atoms with E-state index in [0.29, 0.717) is 29.4 Å². The molecule has 0 fully saturated rings. The number of halogens is 1. The summed E-state index contributed by atoms with van der Waals surface area (Å²) in [4.78, 5) is 29.0. The number of benzene rings is 1. The Morgan fingerprint density at radius 2 is 1.90 bits per heavy atom. The molecule has 0 aliphatic rings. The predicted octanol–water partition coefficient (Wildman–Crippen LogP) is 4.98. The van der Waals surface area contributed by atoms with Crippen LogP contribution in [0.15, 0.2) is 64.6 Å². The first-order chi connectivity index (χ1) is 14.0. The Bertz CT molecular complexity index is 903. The summed E-state index contributed by atoms with van der Waals surface area (Å²) in [6.45, 7) is 4.59. The molecule has 0 aliphatic carbocycles. The quantitative estimate of drug-likeness (QED) is 0.548. The monoisotopic (exact) mass is 430 g/mol. The number of furan rings is 1. The van der Waals surface area contributed by atoms with Crippen LogP contribution >= 0.6 is 22.9 Å². The number of rotatable bonds is 8. The number of nitrogens with zero attached hydrogens (tertiary/aromatic N) is 1. The van der Waals surface area contributed by atoms with Crippen molar-refractivity contribution in [1.82, 2.24) is 10.2 Å². The second-order valence-corrected chi connectivity index (χ2v) is 8.47. The lowest BCUT2D eigenvalue weighted by molar-refractivity contribution is -0.135. The van der Waals surface area contributed by atoms with Crippen molar-refractivity contribution < 1.29 is 14.0 Å². The third-order valence-corrected chi connectivity index (χ3v) is 5.69. The third kappa shape index (κ3) is 5.49. The van der Waals surface area contributed by atoms with Gasteiger partial charge in [-0.25, -0.2) is 0 Å². The van der Waals surface area contributed by atoms with Gasteiger partial charge in [0.25, 0.3) is 5.91 Å². The number of carbonyl (C=O) groups is 2. The average molecular weight is 431 g/mol. The number of carbonyl (C=O) groups excluding carboxylic acids is 2. The molecule has 2 aromatic heterocycles. The van der Waals surface area contributed by atoms with E-state index in [4.69, 9.17) is 16.0 Å². The second kappa shape index (κ2) is 9.76. The fourth-order valence-electron chi connectivity index (χ4n) is 2.97. The van der Waals surface area contributed by atoms with Crippen LogP contribution < -0.4 is 5.32 Å². The van der Waals surface area contributed by atoms with E-state index < -0.39 is 6.04 Å². The lowest BCUT2D eigenvalue weighted by Gasteiger charge is -2.29. The summed E-state index contributed by atoms with van der Waals surface area (Å²) in [6, 6.07) is 13.7. The molecular formula is C22H23ClN2O3S. The molecule has 152 valence electrons. The zero-order valence-corrected chi connectivity index (χ0v) is 17.9. The van der Waals surface area contributed by atoms with E-state index >= 15 is 0 Å². The van der Waals surface area contributed by atoms with Crippen molar-refractivity contribution in [2.45, 2.75) is 33.0 Å². The Kier molecular flexibility index (Phi) is 7.12.